The third-order valence-electron chi connectivity index (χ3n) is 5.36. The molecule has 0 fully saturated rings. The minimum Gasteiger partial charge on any atom is -0.493 e. The molecule has 1 N–H and O–H groups in total. The highest BCUT2D eigenvalue weighted by molar-refractivity contribution is 7.98. The first-order valence-corrected chi connectivity index (χ1v) is 11.9. The van der Waals surface area contributed by atoms with Crippen LogP contribution in [0.5, 0.6) is 11.5 Å². The van der Waals surface area contributed by atoms with Crippen LogP contribution in [0.2, 0.25) is 0 Å². The summed E-state index contributed by atoms with van der Waals surface area (Å²) in [6, 6.07) is 19.5. The molecule has 0 spiro atoms. The zero-order valence-electron chi connectivity index (χ0n) is 19.2. The second-order valence-electron chi connectivity index (χ2n) is 7.42. The van der Waals surface area contributed by atoms with E-state index in [2.05, 4.69) is 26.9 Å². The van der Waals surface area contributed by atoms with Crippen LogP contribution >= 0.6 is 11.8 Å². The molecule has 34 heavy (non-hydrogen) atoms. The van der Waals surface area contributed by atoms with Gasteiger partial charge >= 0.3 is 0 Å². The van der Waals surface area contributed by atoms with Gasteiger partial charge in [0.15, 0.2) is 11.5 Å². The molecule has 0 unspecified atom stereocenters. The van der Waals surface area contributed by atoms with E-state index in [0.717, 1.165) is 21.6 Å². The molecule has 4 aromatic rings. The van der Waals surface area contributed by atoms with Crippen molar-refractivity contribution >= 4 is 17.7 Å². The smallest absolute Gasteiger partial charge is 0.251 e. The van der Waals surface area contributed by atoms with E-state index in [0.29, 0.717) is 35.7 Å². The van der Waals surface area contributed by atoms with Crippen molar-refractivity contribution in [3.05, 3.63) is 78.1 Å². The average molecular weight is 476 g/mol. The molecule has 0 aliphatic carbocycles. The minimum absolute atomic E-state index is 0.168. The van der Waals surface area contributed by atoms with Crippen LogP contribution < -0.4 is 14.8 Å². The summed E-state index contributed by atoms with van der Waals surface area (Å²) < 4.78 is 12.2. The van der Waals surface area contributed by atoms with E-state index in [4.69, 9.17) is 9.47 Å². The zero-order valence-corrected chi connectivity index (χ0v) is 20.0. The summed E-state index contributed by atoms with van der Waals surface area (Å²) >= 11 is 1.66. The number of ether oxygens (including phenoxy) is 2. The molecule has 9 heteroatoms. The van der Waals surface area contributed by atoms with Gasteiger partial charge in [0.1, 0.15) is 6.33 Å². The molecule has 1 heterocycles. The van der Waals surface area contributed by atoms with E-state index in [-0.39, 0.29) is 5.91 Å². The Bertz CT molecular complexity index is 1280. The number of thioether (sulfide) groups is 1. The second-order valence-corrected chi connectivity index (χ2v) is 8.27. The van der Waals surface area contributed by atoms with E-state index < -0.39 is 0 Å². The summed E-state index contributed by atoms with van der Waals surface area (Å²) in [5.74, 6) is 1.17. The maximum atomic E-state index is 13.1. The summed E-state index contributed by atoms with van der Waals surface area (Å²) in [5, 5.41) is 14.5. The van der Waals surface area contributed by atoms with Crippen molar-refractivity contribution < 1.29 is 14.3 Å². The summed E-state index contributed by atoms with van der Waals surface area (Å²) in [4.78, 5) is 14.2. The van der Waals surface area contributed by atoms with Crippen molar-refractivity contribution in [3.63, 3.8) is 0 Å². The number of aromatic nitrogens is 4. The van der Waals surface area contributed by atoms with Crippen molar-refractivity contribution in [2.24, 2.45) is 0 Å². The number of hydrogen-bond acceptors (Lipinski definition) is 7. The average Bonchev–Trinajstić information content (AvgIpc) is 3.43. The fourth-order valence-corrected chi connectivity index (χ4v) is 4.27. The maximum Gasteiger partial charge on any atom is 0.251 e. The number of benzene rings is 3. The van der Waals surface area contributed by atoms with E-state index >= 15 is 0 Å². The number of carbonyl (C=O) groups is 1. The Labute approximate surface area is 202 Å². The molecule has 0 saturated carbocycles. The van der Waals surface area contributed by atoms with Crippen LogP contribution in [-0.2, 0) is 6.42 Å². The number of carbonyl (C=O) groups excluding carboxylic acids is 1. The highest BCUT2D eigenvalue weighted by Crippen LogP contribution is 2.32. The number of amides is 1. The number of tetrazole rings is 1. The van der Waals surface area contributed by atoms with Gasteiger partial charge in [0.25, 0.3) is 5.91 Å². The van der Waals surface area contributed by atoms with Crippen molar-refractivity contribution in [2.45, 2.75) is 11.3 Å². The predicted molar refractivity (Wildman–Crippen MR) is 132 cm³/mol. The number of nitrogens with zero attached hydrogens (tertiary/aromatic N) is 4. The summed E-state index contributed by atoms with van der Waals surface area (Å²) in [6.07, 6.45) is 4.20. The van der Waals surface area contributed by atoms with E-state index in [9.17, 15) is 4.79 Å². The SMILES string of the molecule is COc1ccc(CCNC(=O)c2cc(-c3ccccc3SC)cc(-n3cnnn3)c2)cc1OC. The fraction of sp³-hybridized carbons (Fsp3) is 0.200. The molecule has 0 aliphatic rings. The van der Waals surface area contributed by atoms with E-state index in [1.807, 2.05) is 54.8 Å². The Morgan fingerprint density at radius 2 is 1.85 bits per heavy atom. The Kier molecular flexibility index (Phi) is 7.44. The van der Waals surface area contributed by atoms with Crippen LogP contribution in [0.1, 0.15) is 15.9 Å². The van der Waals surface area contributed by atoms with Crippen LogP contribution in [0.3, 0.4) is 0 Å². The molecule has 1 aromatic heterocycles. The topological polar surface area (TPSA) is 91.2 Å². The van der Waals surface area contributed by atoms with Gasteiger partial charge in [-0.2, -0.15) is 0 Å². The van der Waals surface area contributed by atoms with Crippen LogP contribution in [-0.4, -0.2) is 53.1 Å². The third-order valence-corrected chi connectivity index (χ3v) is 6.15. The first-order valence-electron chi connectivity index (χ1n) is 10.6. The lowest BCUT2D eigenvalue weighted by Gasteiger charge is -2.13. The highest BCUT2D eigenvalue weighted by atomic mass is 32.2. The Balaban J connectivity index is 1.57. The van der Waals surface area contributed by atoms with Gasteiger partial charge in [-0.3, -0.25) is 4.79 Å². The first kappa shape index (κ1) is 23.3. The summed E-state index contributed by atoms with van der Waals surface area (Å²) in [6.45, 7) is 0.472. The summed E-state index contributed by atoms with van der Waals surface area (Å²) in [5.41, 5.74) is 4.25. The molecular weight excluding hydrogens is 450 g/mol. The normalized spacial score (nSPS) is 10.7. The van der Waals surface area contributed by atoms with Crippen LogP contribution in [0.4, 0.5) is 0 Å². The maximum absolute atomic E-state index is 13.1. The van der Waals surface area contributed by atoms with Gasteiger partial charge in [-0.25, -0.2) is 4.68 Å². The molecular formula is C25H25N5O3S. The monoisotopic (exact) mass is 475 g/mol. The van der Waals surface area contributed by atoms with Gasteiger partial charge in [0.05, 0.1) is 19.9 Å². The lowest BCUT2D eigenvalue weighted by molar-refractivity contribution is 0.0954. The standard InChI is InChI=1S/C25H25N5O3S/c1-32-22-9-8-17(12-23(22)33-2)10-11-26-25(31)19-13-18(21-6-4-5-7-24(21)34-3)14-20(15-19)30-16-27-28-29-30/h4-9,12-16H,10-11H2,1-3H3,(H,26,31). The molecule has 174 valence electrons. The highest BCUT2D eigenvalue weighted by Gasteiger charge is 2.14. The van der Waals surface area contributed by atoms with Crippen LogP contribution in [0, 0.1) is 0 Å². The van der Waals surface area contributed by atoms with Crippen LogP contribution in [0.15, 0.2) is 71.9 Å². The number of hydrogen-bond donors (Lipinski definition) is 1. The Morgan fingerprint density at radius 1 is 1.03 bits per heavy atom. The van der Waals surface area contributed by atoms with Crippen molar-refractivity contribution in [1.29, 1.82) is 0 Å². The Morgan fingerprint density at radius 3 is 2.59 bits per heavy atom. The summed E-state index contributed by atoms with van der Waals surface area (Å²) in [7, 11) is 3.21. The molecule has 0 aliphatic heterocycles. The molecule has 4 rings (SSSR count). The van der Waals surface area contributed by atoms with E-state index in [1.165, 1.54) is 6.33 Å². The van der Waals surface area contributed by atoms with Crippen molar-refractivity contribution in [1.82, 2.24) is 25.5 Å². The molecule has 0 saturated heterocycles. The zero-order chi connectivity index (χ0) is 23.9. The lowest BCUT2D eigenvalue weighted by Crippen LogP contribution is -2.26. The number of nitrogens with one attached hydrogen (secondary N) is 1. The van der Waals surface area contributed by atoms with Gasteiger partial charge in [-0.1, -0.05) is 24.3 Å². The van der Waals surface area contributed by atoms with Gasteiger partial charge < -0.3 is 14.8 Å². The molecule has 0 bridgehead atoms. The predicted octanol–water partition coefficient (Wildman–Crippen LogP) is 4.04. The van der Waals surface area contributed by atoms with E-state index in [1.54, 1.807) is 36.7 Å². The Hall–Kier alpha value is -3.85. The van der Waals surface area contributed by atoms with Crippen molar-refractivity contribution in [2.75, 3.05) is 27.0 Å². The number of rotatable bonds is 9. The second kappa shape index (κ2) is 10.8. The molecule has 8 nitrogen and oxygen atoms in total. The molecule has 0 atom stereocenters. The van der Waals surface area contributed by atoms with Gasteiger partial charge in [-0.05, 0) is 76.2 Å². The molecule has 1 amide bonds. The van der Waals surface area contributed by atoms with Gasteiger partial charge in [0.2, 0.25) is 0 Å². The fourth-order valence-electron chi connectivity index (χ4n) is 3.65. The van der Waals surface area contributed by atoms with Crippen molar-refractivity contribution in [3.8, 4) is 28.3 Å². The lowest BCUT2D eigenvalue weighted by atomic mass is 10.0. The largest absolute Gasteiger partial charge is 0.493 e. The third kappa shape index (κ3) is 5.20. The van der Waals surface area contributed by atoms with Gasteiger partial charge in [0, 0.05) is 17.0 Å². The quantitative estimate of drug-likeness (QED) is 0.365. The van der Waals surface area contributed by atoms with Gasteiger partial charge in [-0.15, -0.1) is 16.9 Å². The first-order chi connectivity index (χ1) is 16.6. The van der Waals surface area contributed by atoms with Crippen LogP contribution in [0.25, 0.3) is 16.8 Å². The molecule has 3 aromatic carbocycles. The minimum atomic E-state index is -0.168. The number of methoxy groups -OCH3 is 2. The molecule has 0 radical (unpaired) electrons.